The second-order valence-electron chi connectivity index (χ2n) is 6.13. The third-order valence-corrected chi connectivity index (χ3v) is 4.46. The molecule has 0 amide bonds. The average Bonchev–Trinajstić information content (AvgIpc) is 2.82. The van der Waals surface area contributed by atoms with E-state index < -0.39 is 0 Å². The molecule has 2 heteroatoms. The zero-order valence-corrected chi connectivity index (χ0v) is 12.3. The highest BCUT2D eigenvalue weighted by molar-refractivity contribution is 5.28. The molecule has 0 atom stereocenters. The van der Waals surface area contributed by atoms with Crippen molar-refractivity contribution in [3.05, 3.63) is 35.1 Å². The smallest absolute Gasteiger partial charge is 0.123 e. The van der Waals surface area contributed by atoms with Crippen molar-refractivity contribution in [2.75, 3.05) is 13.1 Å². The molecule has 0 unspecified atom stereocenters. The highest BCUT2D eigenvalue weighted by atomic mass is 19.1. The molecule has 0 spiro atoms. The van der Waals surface area contributed by atoms with Crippen LogP contribution in [0, 0.1) is 18.2 Å². The molecule has 0 aromatic heterocycles. The lowest BCUT2D eigenvalue weighted by molar-refractivity contribution is 0.277. The lowest BCUT2D eigenvalue weighted by atomic mass is 9.79. The zero-order chi connectivity index (χ0) is 13.7. The van der Waals surface area contributed by atoms with Crippen molar-refractivity contribution in [1.29, 1.82) is 0 Å². The number of nitrogens with one attached hydrogen (secondary N) is 1. The summed E-state index contributed by atoms with van der Waals surface area (Å²) in [6.45, 7) is 6.45. The summed E-state index contributed by atoms with van der Waals surface area (Å²) in [5.41, 5.74) is 2.82. The van der Waals surface area contributed by atoms with E-state index in [2.05, 4.69) is 12.2 Å². The molecule has 1 saturated carbocycles. The van der Waals surface area contributed by atoms with Gasteiger partial charge in [-0.2, -0.15) is 0 Å². The van der Waals surface area contributed by atoms with E-state index in [0.717, 1.165) is 25.1 Å². The molecule has 0 radical (unpaired) electrons. The summed E-state index contributed by atoms with van der Waals surface area (Å²) < 4.78 is 13.2. The normalized spacial score (nSPS) is 17.8. The quantitative estimate of drug-likeness (QED) is 0.757. The highest BCUT2D eigenvalue weighted by Gasteiger charge is 2.33. The molecule has 1 aliphatic carbocycles. The molecule has 1 N–H and O–H groups in total. The van der Waals surface area contributed by atoms with Crippen LogP contribution in [0.3, 0.4) is 0 Å². The standard InChI is InChI=1S/C17H26FN/c1-3-10-19-13-17(8-4-5-9-17)12-15-6-7-16(18)11-14(15)2/h6-7,11,19H,3-5,8-10,12-13H2,1-2H3. The van der Waals surface area contributed by atoms with Crippen LogP contribution in [0.1, 0.15) is 50.2 Å². The minimum Gasteiger partial charge on any atom is -0.316 e. The molecule has 0 saturated heterocycles. The number of hydrogen-bond donors (Lipinski definition) is 1. The van der Waals surface area contributed by atoms with E-state index in [1.165, 1.54) is 37.7 Å². The largest absolute Gasteiger partial charge is 0.316 e. The van der Waals surface area contributed by atoms with Gasteiger partial charge in [0.25, 0.3) is 0 Å². The van der Waals surface area contributed by atoms with E-state index in [9.17, 15) is 4.39 Å². The Morgan fingerprint density at radius 2 is 2.00 bits per heavy atom. The Kier molecular flexibility index (Phi) is 4.98. The molecule has 0 aliphatic heterocycles. The lowest BCUT2D eigenvalue weighted by Gasteiger charge is -2.30. The highest BCUT2D eigenvalue weighted by Crippen LogP contribution is 2.41. The Morgan fingerprint density at radius 3 is 2.63 bits per heavy atom. The predicted octanol–water partition coefficient (Wildman–Crippen LogP) is 4.24. The van der Waals surface area contributed by atoms with E-state index >= 15 is 0 Å². The lowest BCUT2D eigenvalue weighted by Crippen LogP contribution is -2.34. The van der Waals surface area contributed by atoms with Crippen LogP contribution in [0.15, 0.2) is 18.2 Å². The molecule has 1 aromatic carbocycles. The van der Waals surface area contributed by atoms with E-state index in [1.54, 1.807) is 12.1 Å². The minimum absolute atomic E-state index is 0.120. The van der Waals surface area contributed by atoms with Crippen LogP contribution in [0.5, 0.6) is 0 Å². The topological polar surface area (TPSA) is 12.0 Å². The second-order valence-corrected chi connectivity index (χ2v) is 6.13. The first-order valence-electron chi connectivity index (χ1n) is 7.61. The minimum atomic E-state index is -0.120. The molecule has 19 heavy (non-hydrogen) atoms. The van der Waals surface area contributed by atoms with E-state index in [4.69, 9.17) is 0 Å². The van der Waals surface area contributed by atoms with Crippen LogP contribution in [-0.2, 0) is 6.42 Å². The summed E-state index contributed by atoms with van der Waals surface area (Å²) in [6.07, 6.45) is 7.57. The van der Waals surface area contributed by atoms with Gasteiger partial charge in [0, 0.05) is 6.54 Å². The summed E-state index contributed by atoms with van der Waals surface area (Å²) in [7, 11) is 0. The summed E-state index contributed by atoms with van der Waals surface area (Å²) in [5.74, 6) is -0.120. The van der Waals surface area contributed by atoms with Gasteiger partial charge in [-0.25, -0.2) is 4.39 Å². The number of rotatable bonds is 6. The maximum atomic E-state index is 13.2. The molecule has 1 aliphatic rings. The predicted molar refractivity (Wildman–Crippen MR) is 78.9 cm³/mol. The van der Waals surface area contributed by atoms with Crippen molar-refractivity contribution in [3.8, 4) is 0 Å². The Balaban J connectivity index is 2.07. The van der Waals surface area contributed by atoms with E-state index in [-0.39, 0.29) is 5.82 Å². The number of hydrogen-bond acceptors (Lipinski definition) is 1. The van der Waals surface area contributed by atoms with Crippen LogP contribution in [0.25, 0.3) is 0 Å². The Hall–Kier alpha value is -0.890. The third-order valence-electron chi connectivity index (χ3n) is 4.46. The fraction of sp³-hybridized carbons (Fsp3) is 0.647. The summed E-state index contributed by atoms with van der Waals surface area (Å²) in [5, 5.41) is 3.59. The van der Waals surface area contributed by atoms with Gasteiger partial charge in [0.05, 0.1) is 0 Å². The fourth-order valence-corrected chi connectivity index (χ4v) is 3.33. The van der Waals surface area contributed by atoms with Gasteiger partial charge in [-0.3, -0.25) is 0 Å². The van der Waals surface area contributed by atoms with Gasteiger partial charge >= 0.3 is 0 Å². The first kappa shape index (κ1) is 14.5. The van der Waals surface area contributed by atoms with Crippen molar-refractivity contribution in [2.45, 2.75) is 52.4 Å². The van der Waals surface area contributed by atoms with Crippen molar-refractivity contribution < 1.29 is 4.39 Å². The number of halogens is 1. The van der Waals surface area contributed by atoms with Gasteiger partial charge in [-0.1, -0.05) is 25.8 Å². The monoisotopic (exact) mass is 263 g/mol. The molecule has 1 fully saturated rings. The first-order valence-corrected chi connectivity index (χ1v) is 7.61. The van der Waals surface area contributed by atoms with Crippen LogP contribution < -0.4 is 5.32 Å². The van der Waals surface area contributed by atoms with Crippen LogP contribution in [-0.4, -0.2) is 13.1 Å². The second kappa shape index (κ2) is 6.51. The summed E-state index contributed by atoms with van der Waals surface area (Å²) in [4.78, 5) is 0. The summed E-state index contributed by atoms with van der Waals surface area (Å²) >= 11 is 0. The number of benzene rings is 1. The van der Waals surface area contributed by atoms with Gasteiger partial charge in [0.1, 0.15) is 5.82 Å². The van der Waals surface area contributed by atoms with Crippen molar-refractivity contribution >= 4 is 0 Å². The molecular weight excluding hydrogens is 237 g/mol. The fourth-order valence-electron chi connectivity index (χ4n) is 3.33. The van der Waals surface area contributed by atoms with Crippen molar-refractivity contribution in [2.24, 2.45) is 5.41 Å². The van der Waals surface area contributed by atoms with Gasteiger partial charge in [0.2, 0.25) is 0 Å². The van der Waals surface area contributed by atoms with Crippen molar-refractivity contribution in [3.63, 3.8) is 0 Å². The van der Waals surface area contributed by atoms with Gasteiger partial charge < -0.3 is 5.32 Å². The molecular formula is C17H26FN. The maximum absolute atomic E-state index is 13.2. The molecule has 0 heterocycles. The maximum Gasteiger partial charge on any atom is 0.123 e. The zero-order valence-electron chi connectivity index (χ0n) is 12.3. The van der Waals surface area contributed by atoms with Gasteiger partial charge in [0.15, 0.2) is 0 Å². The third kappa shape index (κ3) is 3.79. The van der Waals surface area contributed by atoms with Gasteiger partial charge in [-0.05, 0) is 67.8 Å². The van der Waals surface area contributed by atoms with Crippen LogP contribution >= 0.6 is 0 Å². The average molecular weight is 263 g/mol. The molecule has 2 rings (SSSR count). The number of aryl methyl sites for hydroxylation is 1. The van der Waals surface area contributed by atoms with E-state index in [1.807, 2.05) is 13.0 Å². The Bertz CT molecular complexity index is 408. The Morgan fingerprint density at radius 1 is 1.26 bits per heavy atom. The SMILES string of the molecule is CCCNCC1(Cc2ccc(F)cc2C)CCCC1. The Labute approximate surface area is 116 Å². The van der Waals surface area contributed by atoms with Gasteiger partial charge in [-0.15, -0.1) is 0 Å². The molecule has 106 valence electrons. The van der Waals surface area contributed by atoms with Crippen LogP contribution in [0.4, 0.5) is 4.39 Å². The van der Waals surface area contributed by atoms with Crippen molar-refractivity contribution in [1.82, 2.24) is 5.32 Å². The molecule has 1 aromatic rings. The van der Waals surface area contributed by atoms with Crippen LogP contribution in [0.2, 0.25) is 0 Å². The first-order chi connectivity index (χ1) is 9.15. The molecule has 1 nitrogen and oxygen atoms in total. The van der Waals surface area contributed by atoms with E-state index in [0.29, 0.717) is 5.41 Å². The molecule has 0 bridgehead atoms. The summed E-state index contributed by atoms with van der Waals surface area (Å²) in [6, 6.07) is 5.24.